The van der Waals surface area contributed by atoms with Gasteiger partial charge in [-0.1, -0.05) is 27.5 Å². The van der Waals surface area contributed by atoms with Crippen molar-refractivity contribution in [1.29, 1.82) is 0 Å². The summed E-state index contributed by atoms with van der Waals surface area (Å²) in [6, 6.07) is 6.12. The molecule has 96 valence electrons. The lowest BCUT2D eigenvalue weighted by molar-refractivity contribution is 0.571. The predicted octanol–water partition coefficient (Wildman–Crippen LogP) is 4.72. The van der Waals surface area contributed by atoms with E-state index >= 15 is 0 Å². The van der Waals surface area contributed by atoms with E-state index in [9.17, 15) is 0 Å². The Morgan fingerprint density at radius 2 is 2.28 bits per heavy atom. The summed E-state index contributed by atoms with van der Waals surface area (Å²) < 4.78 is 1.04. The number of aryl methyl sites for hydroxylation is 1. The van der Waals surface area contributed by atoms with Crippen LogP contribution in [0.15, 0.2) is 28.1 Å². The maximum atomic E-state index is 6.16. The molecule has 2 rings (SSSR count). The molecule has 1 aromatic heterocycles. The summed E-state index contributed by atoms with van der Waals surface area (Å²) in [5.74, 6) is 0. The first kappa shape index (κ1) is 14.0. The number of rotatable bonds is 4. The molecule has 1 aromatic carbocycles. The Bertz CT molecular complexity index is 542. The molecule has 0 radical (unpaired) electrons. The second kappa shape index (κ2) is 6.15. The number of halogens is 2. The van der Waals surface area contributed by atoms with Gasteiger partial charge in [-0.15, -0.1) is 11.3 Å². The van der Waals surface area contributed by atoms with Gasteiger partial charge in [0.1, 0.15) is 5.01 Å². The average Bonchev–Trinajstić information content (AvgIpc) is 2.77. The van der Waals surface area contributed by atoms with Crippen LogP contribution < -0.4 is 5.32 Å². The largest absolute Gasteiger partial charge is 0.304 e. The van der Waals surface area contributed by atoms with E-state index in [1.165, 1.54) is 0 Å². The molecule has 0 fully saturated rings. The minimum absolute atomic E-state index is 0.235. The van der Waals surface area contributed by atoms with Gasteiger partial charge in [0, 0.05) is 27.1 Å². The second-order valence-corrected chi connectivity index (χ2v) is 6.38. The van der Waals surface area contributed by atoms with Crippen molar-refractivity contribution in [2.75, 3.05) is 0 Å². The molecule has 1 heterocycles. The Labute approximate surface area is 125 Å². The number of nitrogens with one attached hydrogen (secondary N) is 1. The molecule has 0 saturated heterocycles. The van der Waals surface area contributed by atoms with Crippen LogP contribution >= 0.6 is 38.9 Å². The summed E-state index contributed by atoms with van der Waals surface area (Å²) in [6.45, 7) is 4.86. The average molecular weight is 346 g/mol. The van der Waals surface area contributed by atoms with Crippen LogP contribution in [0.25, 0.3) is 0 Å². The first-order chi connectivity index (χ1) is 8.56. The van der Waals surface area contributed by atoms with E-state index in [0.717, 1.165) is 32.3 Å². The highest BCUT2D eigenvalue weighted by atomic mass is 79.9. The van der Waals surface area contributed by atoms with Gasteiger partial charge in [0.25, 0.3) is 0 Å². The van der Waals surface area contributed by atoms with E-state index in [4.69, 9.17) is 11.6 Å². The molecule has 0 amide bonds. The molecule has 0 saturated carbocycles. The number of hydrogen-bond acceptors (Lipinski definition) is 3. The van der Waals surface area contributed by atoms with Crippen molar-refractivity contribution in [1.82, 2.24) is 10.3 Å². The van der Waals surface area contributed by atoms with E-state index in [2.05, 4.69) is 38.5 Å². The van der Waals surface area contributed by atoms with Gasteiger partial charge in [-0.05, 0) is 37.6 Å². The Balaban J connectivity index is 2.01. The van der Waals surface area contributed by atoms with Gasteiger partial charge in [-0.25, -0.2) is 4.98 Å². The number of hydrogen-bond donors (Lipinski definition) is 1. The summed E-state index contributed by atoms with van der Waals surface area (Å²) in [5.41, 5.74) is 2.16. The highest BCUT2D eigenvalue weighted by Crippen LogP contribution is 2.23. The fourth-order valence-electron chi connectivity index (χ4n) is 1.60. The molecule has 1 unspecified atom stereocenters. The number of benzene rings is 1. The molecule has 2 nitrogen and oxygen atoms in total. The van der Waals surface area contributed by atoms with Crippen molar-refractivity contribution in [2.24, 2.45) is 0 Å². The molecule has 0 spiro atoms. The van der Waals surface area contributed by atoms with Gasteiger partial charge in [-0.3, -0.25) is 0 Å². The molecule has 1 N–H and O–H groups in total. The topological polar surface area (TPSA) is 24.9 Å². The zero-order chi connectivity index (χ0) is 13.1. The van der Waals surface area contributed by atoms with Crippen LogP contribution in [0.4, 0.5) is 0 Å². The zero-order valence-corrected chi connectivity index (χ0v) is 13.4. The standard InChI is InChI=1S/C13H14BrClN2S/c1-8-7-18-13(17-8)9(2)16-6-10-5-11(14)3-4-12(10)15/h3-5,7,9,16H,6H2,1-2H3. The van der Waals surface area contributed by atoms with Crippen LogP contribution in [0.5, 0.6) is 0 Å². The molecule has 0 aliphatic rings. The molecule has 18 heavy (non-hydrogen) atoms. The summed E-state index contributed by atoms with van der Waals surface area (Å²) in [4.78, 5) is 4.48. The molecular formula is C13H14BrClN2S. The van der Waals surface area contributed by atoms with Crippen molar-refractivity contribution in [2.45, 2.75) is 26.4 Å². The van der Waals surface area contributed by atoms with Crippen molar-refractivity contribution < 1.29 is 0 Å². The lowest BCUT2D eigenvalue weighted by Crippen LogP contribution is -2.18. The Hall–Kier alpha value is -0.420. The van der Waals surface area contributed by atoms with Crippen LogP contribution in [0.1, 0.15) is 29.2 Å². The first-order valence-electron chi connectivity index (χ1n) is 5.65. The molecule has 5 heteroatoms. The summed E-state index contributed by atoms with van der Waals surface area (Å²) in [5, 5.41) is 7.40. The van der Waals surface area contributed by atoms with Crippen molar-refractivity contribution in [3.05, 3.63) is 49.3 Å². The third-order valence-corrected chi connectivity index (χ3v) is 4.62. The first-order valence-corrected chi connectivity index (χ1v) is 7.70. The van der Waals surface area contributed by atoms with Crippen LogP contribution in [0.3, 0.4) is 0 Å². The third-order valence-electron chi connectivity index (χ3n) is 2.61. The molecule has 0 aliphatic heterocycles. The van der Waals surface area contributed by atoms with Gasteiger partial charge in [0.05, 0.1) is 6.04 Å². The van der Waals surface area contributed by atoms with E-state index < -0.39 is 0 Å². The Morgan fingerprint density at radius 3 is 2.94 bits per heavy atom. The lowest BCUT2D eigenvalue weighted by Gasteiger charge is -2.12. The van der Waals surface area contributed by atoms with Gasteiger partial charge >= 0.3 is 0 Å². The van der Waals surface area contributed by atoms with E-state index in [-0.39, 0.29) is 6.04 Å². The van der Waals surface area contributed by atoms with Crippen LogP contribution in [-0.4, -0.2) is 4.98 Å². The maximum Gasteiger partial charge on any atom is 0.110 e. The highest BCUT2D eigenvalue weighted by Gasteiger charge is 2.09. The Kier molecular flexibility index (Phi) is 4.78. The fraction of sp³-hybridized carbons (Fsp3) is 0.308. The third kappa shape index (κ3) is 3.54. The second-order valence-electron chi connectivity index (χ2n) is 4.17. The lowest BCUT2D eigenvalue weighted by atomic mass is 10.2. The number of aromatic nitrogens is 1. The summed E-state index contributed by atoms with van der Waals surface area (Å²) in [6.07, 6.45) is 0. The summed E-state index contributed by atoms with van der Waals surface area (Å²) >= 11 is 11.3. The predicted molar refractivity (Wildman–Crippen MR) is 81.3 cm³/mol. The van der Waals surface area contributed by atoms with Crippen molar-refractivity contribution in [3.63, 3.8) is 0 Å². The molecule has 2 aromatic rings. The van der Waals surface area contributed by atoms with Crippen LogP contribution in [-0.2, 0) is 6.54 Å². The monoisotopic (exact) mass is 344 g/mol. The van der Waals surface area contributed by atoms with Gasteiger partial charge in [0.15, 0.2) is 0 Å². The van der Waals surface area contributed by atoms with Crippen LogP contribution in [0, 0.1) is 6.92 Å². The smallest absolute Gasteiger partial charge is 0.110 e. The van der Waals surface area contributed by atoms with Crippen LogP contribution in [0.2, 0.25) is 5.02 Å². The van der Waals surface area contributed by atoms with Crippen molar-refractivity contribution >= 4 is 38.9 Å². The van der Waals surface area contributed by atoms with Crippen molar-refractivity contribution in [3.8, 4) is 0 Å². The molecule has 0 bridgehead atoms. The SMILES string of the molecule is Cc1csc(C(C)NCc2cc(Br)ccc2Cl)n1. The molecule has 1 atom stereocenters. The minimum atomic E-state index is 0.235. The van der Waals surface area contributed by atoms with Gasteiger partial charge < -0.3 is 5.32 Å². The quantitative estimate of drug-likeness (QED) is 0.867. The fourth-order valence-corrected chi connectivity index (χ4v) is 3.02. The van der Waals surface area contributed by atoms with E-state index in [1.807, 2.05) is 25.1 Å². The minimum Gasteiger partial charge on any atom is -0.304 e. The zero-order valence-electron chi connectivity index (χ0n) is 10.2. The Morgan fingerprint density at radius 1 is 1.50 bits per heavy atom. The number of thiazole rings is 1. The van der Waals surface area contributed by atoms with E-state index in [0.29, 0.717) is 0 Å². The maximum absolute atomic E-state index is 6.16. The molecule has 0 aliphatic carbocycles. The molecular weight excluding hydrogens is 332 g/mol. The normalized spacial score (nSPS) is 12.7. The highest BCUT2D eigenvalue weighted by molar-refractivity contribution is 9.10. The van der Waals surface area contributed by atoms with Gasteiger partial charge in [-0.2, -0.15) is 0 Å². The van der Waals surface area contributed by atoms with E-state index in [1.54, 1.807) is 11.3 Å². The summed E-state index contributed by atoms with van der Waals surface area (Å²) in [7, 11) is 0. The van der Waals surface area contributed by atoms with Gasteiger partial charge in [0.2, 0.25) is 0 Å². The number of nitrogens with zero attached hydrogens (tertiary/aromatic N) is 1.